The maximum atomic E-state index is 13.3. The van der Waals surface area contributed by atoms with Gasteiger partial charge >= 0.3 is 6.18 Å². The molecular weight excluding hydrogens is 417 g/mol. The molecule has 0 spiro atoms. The van der Waals surface area contributed by atoms with E-state index < -0.39 is 21.7 Å². The van der Waals surface area contributed by atoms with Crippen molar-refractivity contribution in [2.24, 2.45) is 0 Å². The number of H-pyrrole nitrogens is 1. The van der Waals surface area contributed by atoms with E-state index in [0.29, 0.717) is 17.1 Å². The summed E-state index contributed by atoms with van der Waals surface area (Å²) in [7, 11) is -3.43. The molecule has 2 aromatic carbocycles. The monoisotopic (exact) mass is 432 g/mol. The van der Waals surface area contributed by atoms with E-state index in [1.807, 2.05) is 0 Å². The van der Waals surface area contributed by atoms with Crippen molar-refractivity contribution in [3.8, 4) is 28.3 Å². The third kappa shape index (κ3) is 3.86. The largest absolute Gasteiger partial charge is 0.435 e. The quantitative estimate of drug-likeness (QED) is 0.520. The molecule has 30 heavy (non-hydrogen) atoms. The zero-order chi connectivity index (χ0) is 21.5. The number of aromatic amines is 1. The molecule has 4 rings (SSSR count). The van der Waals surface area contributed by atoms with Gasteiger partial charge < -0.3 is 4.98 Å². The van der Waals surface area contributed by atoms with Crippen LogP contribution in [0, 0.1) is 0 Å². The predicted octanol–water partition coefficient (Wildman–Crippen LogP) is 4.35. The molecule has 2 heterocycles. The SMILES string of the molecule is CS(=O)(=O)c1ccc(-n2nc(C(F)(F)F)cc2-c2ccc(-c3ncc[nH]3)cc2)cc1. The van der Waals surface area contributed by atoms with Crippen molar-refractivity contribution >= 4 is 9.84 Å². The molecule has 0 aliphatic carbocycles. The van der Waals surface area contributed by atoms with Gasteiger partial charge in [0.05, 0.1) is 16.3 Å². The van der Waals surface area contributed by atoms with E-state index in [-0.39, 0.29) is 10.6 Å². The van der Waals surface area contributed by atoms with Crippen LogP contribution in [0.4, 0.5) is 13.2 Å². The number of hydrogen-bond acceptors (Lipinski definition) is 4. The molecule has 0 amide bonds. The van der Waals surface area contributed by atoms with Crippen molar-refractivity contribution in [1.82, 2.24) is 19.7 Å². The van der Waals surface area contributed by atoms with Crippen molar-refractivity contribution in [3.05, 3.63) is 72.7 Å². The first kappa shape index (κ1) is 19.9. The molecule has 1 N–H and O–H groups in total. The second-order valence-electron chi connectivity index (χ2n) is 6.61. The first-order chi connectivity index (χ1) is 14.1. The van der Waals surface area contributed by atoms with E-state index in [1.54, 1.807) is 36.7 Å². The Morgan fingerprint density at radius 2 is 1.60 bits per heavy atom. The fourth-order valence-electron chi connectivity index (χ4n) is 2.98. The van der Waals surface area contributed by atoms with Gasteiger partial charge in [-0.25, -0.2) is 18.1 Å². The summed E-state index contributed by atoms with van der Waals surface area (Å²) in [5.74, 6) is 0.641. The third-order valence-corrected chi connectivity index (χ3v) is 5.59. The number of nitrogens with zero attached hydrogens (tertiary/aromatic N) is 3. The molecule has 0 aliphatic heterocycles. The summed E-state index contributed by atoms with van der Waals surface area (Å²) in [5.41, 5.74) is 0.784. The van der Waals surface area contributed by atoms with Gasteiger partial charge in [-0.2, -0.15) is 18.3 Å². The molecule has 0 saturated heterocycles. The van der Waals surface area contributed by atoms with Gasteiger partial charge in [0.25, 0.3) is 0 Å². The molecule has 0 unspecified atom stereocenters. The average molecular weight is 432 g/mol. The number of aromatic nitrogens is 4. The Morgan fingerprint density at radius 1 is 0.967 bits per heavy atom. The van der Waals surface area contributed by atoms with Crippen LogP contribution >= 0.6 is 0 Å². The molecule has 4 aromatic rings. The number of rotatable bonds is 4. The third-order valence-electron chi connectivity index (χ3n) is 4.46. The number of imidazole rings is 1. The van der Waals surface area contributed by atoms with E-state index in [2.05, 4.69) is 15.1 Å². The molecule has 154 valence electrons. The standard InChI is InChI=1S/C20H15F3N4O2S/c1-30(28,29)16-8-6-15(7-9-16)27-17(12-18(26-27)20(21,22)23)13-2-4-14(5-3-13)19-24-10-11-25-19/h2-12H,1H3,(H,24,25). The van der Waals surface area contributed by atoms with E-state index in [1.165, 1.54) is 24.3 Å². The average Bonchev–Trinajstić information content (AvgIpc) is 3.37. The van der Waals surface area contributed by atoms with E-state index in [0.717, 1.165) is 22.6 Å². The van der Waals surface area contributed by atoms with Crippen LogP contribution in [0.15, 0.2) is 71.9 Å². The van der Waals surface area contributed by atoms with Crippen LogP contribution in [-0.4, -0.2) is 34.4 Å². The van der Waals surface area contributed by atoms with E-state index >= 15 is 0 Å². The van der Waals surface area contributed by atoms with Crippen LogP contribution in [0.5, 0.6) is 0 Å². The lowest BCUT2D eigenvalue weighted by atomic mass is 10.1. The molecule has 0 saturated carbocycles. The van der Waals surface area contributed by atoms with Gasteiger partial charge in [0, 0.05) is 29.8 Å². The highest BCUT2D eigenvalue weighted by atomic mass is 32.2. The Hall–Kier alpha value is -3.40. The van der Waals surface area contributed by atoms with Gasteiger partial charge in [-0.1, -0.05) is 24.3 Å². The molecule has 6 nitrogen and oxygen atoms in total. The van der Waals surface area contributed by atoms with Crippen LogP contribution in [-0.2, 0) is 16.0 Å². The van der Waals surface area contributed by atoms with Crippen molar-refractivity contribution in [3.63, 3.8) is 0 Å². The Kier molecular flexibility index (Phi) is 4.73. The molecule has 0 bridgehead atoms. The van der Waals surface area contributed by atoms with Crippen molar-refractivity contribution in [2.45, 2.75) is 11.1 Å². The lowest BCUT2D eigenvalue weighted by Crippen LogP contribution is -2.07. The van der Waals surface area contributed by atoms with Crippen LogP contribution in [0.3, 0.4) is 0 Å². The first-order valence-electron chi connectivity index (χ1n) is 8.71. The van der Waals surface area contributed by atoms with Crippen LogP contribution in [0.2, 0.25) is 0 Å². The topological polar surface area (TPSA) is 80.6 Å². The minimum atomic E-state index is -4.62. The Morgan fingerprint density at radius 3 is 2.13 bits per heavy atom. The molecule has 0 aliphatic rings. The maximum Gasteiger partial charge on any atom is 0.435 e. The number of halogens is 3. The molecule has 2 aromatic heterocycles. The summed E-state index contributed by atoms with van der Waals surface area (Å²) in [4.78, 5) is 7.18. The maximum absolute atomic E-state index is 13.3. The Bertz CT molecular complexity index is 1280. The molecular formula is C20H15F3N4O2S. The Balaban J connectivity index is 1.80. The fourth-order valence-corrected chi connectivity index (χ4v) is 3.61. The zero-order valence-electron chi connectivity index (χ0n) is 15.6. The Labute approximate surface area is 169 Å². The minimum absolute atomic E-state index is 0.0683. The van der Waals surface area contributed by atoms with Gasteiger partial charge in [0.1, 0.15) is 5.82 Å². The first-order valence-corrected chi connectivity index (χ1v) is 10.6. The molecule has 0 atom stereocenters. The van der Waals surface area contributed by atoms with Gasteiger partial charge in [-0.15, -0.1) is 0 Å². The molecule has 0 fully saturated rings. The van der Waals surface area contributed by atoms with Gasteiger partial charge in [-0.3, -0.25) is 0 Å². The highest BCUT2D eigenvalue weighted by Gasteiger charge is 2.35. The van der Waals surface area contributed by atoms with Crippen molar-refractivity contribution in [1.29, 1.82) is 0 Å². The highest BCUT2D eigenvalue weighted by Crippen LogP contribution is 2.34. The smallest absolute Gasteiger partial charge is 0.345 e. The zero-order valence-corrected chi connectivity index (χ0v) is 16.4. The number of hydrogen-bond donors (Lipinski definition) is 1. The summed E-state index contributed by atoms with van der Waals surface area (Å²) in [6.45, 7) is 0. The molecule has 0 radical (unpaired) electrons. The summed E-state index contributed by atoms with van der Waals surface area (Å²) < 4.78 is 64.4. The fraction of sp³-hybridized carbons (Fsp3) is 0.100. The normalized spacial score (nSPS) is 12.3. The number of alkyl halides is 3. The molecule has 10 heteroatoms. The summed E-state index contributed by atoms with van der Waals surface area (Å²) in [5, 5.41) is 3.72. The van der Waals surface area contributed by atoms with Gasteiger partial charge in [0.2, 0.25) is 0 Å². The van der Waals surface area contributed by atoms with Crippen LogP contribution in [0.1, 0.15) is 5.69 Å². The number of nitrogens with one attached hydrogen (secondary N) is 1. The number of benzene rings is 2. The lowest BCUT2D eigenvalue weighted by Gasteiger charge is -2.09. The van der Waals surface area contributed by atoms with Gasteiger partial charge in [-0.05, 0) is 30.3 Å². The second-order valence-corrected chi connectivity index (χ2v) is 8.62. The van der Waals surface area contributed by atoms with Crippen molar-refractivity contribution < 1.29 is 21.6 Å². The summed E-state index contributed by atoms with van der Waals surface area (Å²) in [6.07, 6.45) is -0.285. The lowest BCUT2D eigenvalue weighted by molar-refractivity contribution is -0.141. The van der Waals surface area contributed by atoms with Gasteiger partial charge in [0.15, 0.2) is 15.5 Å². The minimum Gasteiger partial charge on any atom is -0.345 e. The predicted molar refractivity (Wildman–Crippen MR) is 105 cm³/mol. The van der Waals surface area contributed by atoms with Crippen LogP contribution < -0.4 is 0 Å². The number of sulfone groups is 1. The summed E-state index contributed by atoms with van der Waals surface area (Å²) >= 11 is 0. The van der Waals surface area contributed by atoms with E-state index in [9.17, 15) is 21.6 Å². The van der Waals surface area contributed by atoms with Crippen LogP contribution in [0.25, 0.3) is 28.3 Å². The summed E-state index contributed by atoms with van der Waals surface area (Å²) in [6, 6.07) is 13.3. The van der Waals surface area contributed by atoms with E-state index in [4.69, 9.17) is 0 Å². The highest BCUT2D eigenvalue weighted by molar-refractivity contribution is 7.90. The van der Waals surface area contributed by atoms with Crippen molar-refractivity contribution in [2.75, 3.05) is 6.26 Å². The second kappa shape index (κ2) is 7.13.